The highest BCUT2D eigenvalue weighted by atomic mass is 16.6. The molecule has 0 atom stereocenters. The van der Waals surface area contributed by atoms with E-state index in [2.05, 4.69) is 0 Å². The number of rotatable bonds is 3. The molecule has 1 amide bonds. The molecular formula is C21H33NO5. The normalized spacial score (nSPS) is 22.4. The average molecular weight is 379 g/mol. The van der Waals surface area contributed by atoms with Gasteiger partial charge in [0, 0.05) is 32.4 Å². The van der Waals surface area contributed by atoms with Crippen molar-refractivity contribution in [3.05, 3.63) is 11.3 Å². The predicted octanol–water partition coefficient (Wildman–Crippen LogP) is 4.04. The Kier molecular flexibility index (Phi) is 6.71. The van der Waals surface area contributed by atoms with Crippen LogP contribution >= 0.6 is 0 Å². The summed E-state index contributed by atoms with van der Waals surface area (Å²) in [6.45, 7) is 10.6. The zero-order valence-electron chi connectivity index (χ0n) is 17.2. The number of hydrogen-bond donors (Lipinski definition) is 1. The molecule has 152 valence electrons. The summed E-state index contributed by atoms with van der Waals surface area (Å²) in [6.07, 6.45) is 2.10. The molecule has 0 aromatic carbocycles. The van der Waals surface area contributed by atoms with Crippen LogP contribution < -0.4 is 0 Å². The van der Waals surface area contributed by atoms with E-state index in [-0.39, 0.29) is 46.7 Å². The second-order valence-corrected chi connectivity index (χ2v) is 9.20. The summed E-state index contributed by atoms with van der Waals surface area (Å²) >= 11 is 0. The number of aliphatic hydroxyl groups excluding tert-OH is 1. The number of hydrogen-bond acceptors (Lipinski definition) is 5. The third-order valence-corrected chi connectivity index (χ3v) is 5.43. The van der Waals surface area contributed by atoms with E-state index in [1.54, 1.807) is 4.90 Å². The minimum absolute atomic E-state index is 0.0153. The van der Waals surface area contributed by atoms with Gasteiger partial charge >= 0.3 is 6.09 Å². The van der Waals surface area contributed by atoms with Gasteiger partial charge in [0.15, 0.2) is 11.6 Å². The number of carbonyl (C=O) groups is 3. The quantitative estimate of drug-likeness (QED) is 0.454. The molecule has 0 aromatic rings. The second kappa shape index (κ2) is 8.44. The minimum Gasteiger partial charge on any atom is -0.511 e. The van der Waals surface area contributed by atoms with Crippen LogP contribution in [0.1, 0.15) is 66.7 Å². The van der Waals surface area contributed by atoms with Crippen molar-refractivity contribution in [3.63, 3.8) is 0 Å². The zero-order valence-corrected chi connectivity index (χ0v) is 17.2. The van der Waals surface area contributed by atoms with Crippen LogP contribution in [-0.4, -0.2) is 46.4 Å². The monoisotopic (exact) mass is 379 g/mol. The van der Waals surface area contributed by atoms with Gasteiger partial charge < -0.3 is 14.7 Å². The van der Waals surface area contributed by atoms with Crippen molar-refractivity contribution in [2.24, 2.45) is 17.8 Å². The van der Waals surface area contributed by atoms with E-state index < -0.39 is 5.60 Å². The van der Waals surface area contributed by atoms with Crippen molar-refractivity contribution >= 4 is 17.7 Å². The van der Waals surface area contributed by atoms with Gasteiger partial charge in [0.25, 0.3) is 0 Å². The number of likely N-dealkylation sites (tertiary alicyclic amines) is 1. The highest BCUT2D eigenvalue weighted by molar-refractivity contribution is 6.22. The molecule has 1 aliphatic heterocycles. The molecule has 1 aliphatic carbocycles. The largest absolute Gasteiger partial charge is 0.511 e. The van der Waals surface area contributed by atoms with Gasteiger partial charge in [-0.15, -0.1) is 0 Å². The third kappa shape index (κ3) is 5.81. The van der Waals surface area contributed by atoms with Crippen LogP contribution in [0.15, 0.2) is 11.3 Å². The van der Waals surface area contributed by atoms with E-state index in [1.165, 1.54) is 0 Å². The lowest BCUT2D eigenvalue weighted by atomic mass is 9.77. The molecule has 1 saturated carbocycles. The molecule has 0 bridgehead atoms. The molecule has 2 aliphatic rings. The number of ether oxygens (including phenoxy) is 1. The standard InChI is InChI=1S/C21H33NO5/c1-13(2)15-11-17(24)19(18(25)12-15)16(23)10-14-6-8-22(9-7-14)20(26)27-21(3,4)5/h13-15,23H,6-12H2,1-5H3. The molecule has 1 saturated heterocycles. The molecule has 27 heavy (non-hydrogen) atoms. The lowest BCUT2D eigenvalue weighted by Crippen LogP contribution is -2.41. The van der Waals surface area contributed by atoms with Gasteiger partial charge in [-0.2, -0.15) is 0 Å². The highest BCUT2D eigenvalue weighted by Crippen LogP contribution is 2.32. The van der Waals surface area contributed by atoms with Gasteiger partial charge in [-0.3, -0.25) is 9.59 Å². The number of carbonyl (C=O) groups excluding carboxylic acids is 3. The number of nitrogens with zero attached hydrogens (tertiary/aromatic N) is 1. The molecular weight excluding hydrogens is 346 g/mol. The van der Waals surface area contributed by atoms with E-state index in [0.717, 1.165) is 0 Å². The summed E-state index contributed by atoms with van der Waals surface area (Å²) in [5.41, 5.74) is -0.506. The van der Waals surface area contributed by atoms with Crippen LogP contribution in [0.2, 0.25) is 0 Å². The Labute approximate surface area is 161 Å². The minimum atomic E-state index is -0.522. The summed E-state index contributed by atoms with van der Waals surface area (Å²) in [5, 5.41) is 10.5. The van der Waals surface area contributed by atoms with E-state index in [1.807, 2.05) is 34.6 Å². The van der Waals surface area contributed by atoms with Crippen molar-refractivity contribution in [3.8, 4) is 0 Å². The van der Waals surface area contributed by atoms with Gasteiger partial charge in [0.05, 0.1) is 5.57 Å². The van der Waals surface area contributed by atoms with Crippen molar-refractivity contribution in [1.82, 2.24) is 4.90 Å². The Hall–Kier alpha value is -1.85. The SMILES string of the molecule is CC(C)C1CC(=O)C(=C(O)CC2CCN(C(=O)OC(C)(C)C)CC2)C(=O)C1. The topological polar surface area (TPSA) is 83.9 Å². The first-order valence-electron chi connectivity index (χ1n) is 9.94. The number of piperidine rings is 1. The molecule has 0 spiro atoms. The Balaban J connectivity index is 1.93. The Bertz CT molecular complexity index is 601. The summed E-state index contributed by atoms with van der Waals surface area (Å²) < 4.78 is 5.39. The first-order valence-corrected chi connectivity index (χ1v) is 9.94. The van der Waals surface area contributed by atoms with E-state index in [0.29, 0.717) is 45.2 Å². The summed E-state index contributed by atoms with van der Waals surface area (Å²) in [5.74, 6) is -0.0257. The van der Waals surface area contributed by atoms with Gasteiger partial charge in [0.2, 0.25) is 0 Å². The first-order chi connectivity index (χ1) is 12.5. The van der Waals surface area contributed by atoms with Crippen molar-refractivity contribution in [2.75, 3.05) is 13.1 Å². The van der Waals surface area contributed by atoms with E-state index >= 15 is 0 Å². The second-order valence-electron chi connectivity index (χ2n) is 9.20. The van der Waals surface area contributed by atoms with Gasteiger partial charge in [-0.25, -0.2) is 4.79 Å². The predicted molar refractivity (Wildman–Crippen MR) is 102 cm³/mol. The smallest absolute Gasteiger partial charge is 0.410 e. The van der Waals surface area contributed by atoms with Crippen LogP contribution in [0.4, 0.5) is 4.79 Å². The van der Waals surface area contributed by atoms with Gasteiger partial charge in [-0.1, -0.05) is 13.8 Å². The zero-order chi connectivity index (χ0) is 20.4. The fraction of sp³-hybridized carbons (Fsp3) is 0.762. The maximum atomic E-state index is 12.4. The van der Waals surface area contributed by atoms with Crippen LogP contribution in [-0.2, 0) is 14.3 Å². The summed E-state index contributed by atoms with van der Waals surface area (Å²) in [4.78, 5) is 38.5. The number of allylic oxidation sites excluding steroid dienone is 2. The van der Waals surface area contributed by atoms with Crippen LogP contribution in [0, 0.1) is 17.8 Å². The maximum Gasteiger partial charge on any atom is 0.410 e. The summed E-state index contributed by atoms with van der Waals surface area (Å²) in [6, 6.07) is 0. The van der Waals surface area contributed by atoms with Crippen molar-refractivity contribution < 1.29 is 24.2 Å². The fourth-order valence-electron chi connectivity index (χ4n) is 3.72. The molecule has 0 radical (unpaired) electrons. The van der Waals surface area contributed by atoms with Crippen LogP contribution in [0.3, 0.4) is 0 Å². The number of Topliss-reactive ketones (excluding diaryl/α,β-unsaturated/α-hetero) is 2. The lowest BCUT2D eigenvalue weighted by molar-refractivity contribution is -0.126. The van der Waals surface area contributed by atoms with Gasteiger partial charge in [-0.05, 0) is 51.4 Å². The molecule has 6 nitrogen and oxygen atoms in total. The van der Waals surface area contributed by atoms with Crippen LogP contribution in [0.25, 0.3) is 0 Å². The average Bonchev–Trinajstić information content (AvgIpc) is 2.53. The van der Waals surface area contributed by atoms with Crippen LogP contribution in [0.5, 0.6) is 0 Å². The summed E-state index contributed by atoms with van der Waals surface area (Å²) in [7, 11) is 0. The van der Waals surface area contributed by atoms with E-state index in [4.69, 9.17) is 4.74 Å². The van der Waals surface area contributed by atoms with Crippen molar-refractivity contribution in [2.45, 2.75) is 72.3 Å². The Morgan fingerprint density at radius 1 is 1.15 bits per heavy atom. The maximum absolute atomic E-state index is 12.4. The third-order valence-electron chi connectivity index (χ3n) is 5.43. The Morgan fingerprint density at radius 3 is 2.11 bits per heavy atom. The molecule has 2 rings (SSSR count). The molecule has 1 N–H and O–H groups in total. The number of amides is 1. The van der Waals surface area contributed by atoms with E-state index in [9.17, 15) is 19.5 Å². The Morgan fingerprint density at radius 2 is 1.67 bits per heavy atom. The highest BCUT2D eigenvalue weighted by Gasteiger charge is 2.35. The first kappa shape index (κ1) is 21.5. The van der Waals surface area contributed by atoms with Gasteiger partial charge in [0.1, 0.15) is 11.4 Å². The molecule has 6 heteroatoms. The number of aliphatic hydroxyl groups is 1. The number of ketones is 2. The fourth-order valence-corrected chi connectivity index (χ4v) is 3.72. The van der Waals surface area contributed by atoms with Crippen molar-refractivity contribution in [1.29, 1.82) is 0 Å². The molecule has 0 aromatic heterocycles. The molecule has 0 unspecified atom stereocenters. The molecule has 1 heterocycles. The lowest BCUT2D eigenvalue weighted by Gasteiger charge is -2.33. The molecule has 2 fully saturated rings.